The molecule has 0 saturated carbocycles. The Balaban J connectivity index is 0.00000324. The SMILES string of the molecule is C[N+](C)(CCCC(=O)O)Cc1cccc(O)c1O.[I-]. The molecule has 6 heteroatoms. The number of benzene rings is 1. The van der Waals surface area contributed by atoms with E-state index >= 15 is 0 Å². The van der Waals surface area contributed by atoms with Crippen molar-refractivity contribution in [2.75, 3.05) is 20.6 Å². The summed E-state index contributed by atoms with van der Waals surface area (Å²) in [5, 5.41) is 27.7. The number of aromatic hydroxyl groups is 2. The van der Waals surface area contributed by atoms with Crippen molar-refractivity contribution in [1.29, 1.82) is 0 Å². The number of para-hydroxylation sites is 1. The lowest BCUT2D eigenvalue weighted by atomic mass is 10.1. The van der Waals surface area contributed by atoms with E-state index in [1.54, 1.807) is 12.1 Å². The molecule has 0 heterocycles. The minimum Gasteiger partial charge on any atom is -1.00 e. The standard InChI is InChI=1S/C13H19NO4.HI/c1-14(2,8-4-7-12(16)17)9-10-5-3-6-11(15)13(10)18;/h3,5-6H,4,7-9H2,1-2H3,(H2-,15,16,17,18);1H. The summed E-state index contributed by atoms with van der Waals surface area (Å²) in [7, 11) is 3.93. The van der Waals surface area contributed by atoms with Gasteiger partial charge in [-0.1, -0.05) is 6.07 Å². The second-order valence-electron chi connectivity index (χ2n) is 5.10. The fourth-order valence-electron chi connectivity index (χ4n) is 1.90. The molecular formula is C13H20INO4. The van der Waals surface area contributed by atoms with Gasteiger partial charge in [0.05, 0.1) is 32.6 Å². The normalized spacial score (nSPS) is 10.8. The van der Waals surface area contributed by atoms with Gasteiger partial charge < -0.3 is 43.8 Å². The maximum atomic E-state index is 10.5. The van der Waals surface area contributed by atoms with Gasteiger partial charge in [0, 0.05) is 6.42 Å². The van der Waals surface area contributed by atoms with Gasteiger partial charge in [-0.25, -0.2) is 0 Å². The third-order valence-electron chi connectivity index (χ3n) is 2.85. The van der Waals surface area contributed by atoms with E-state index in [4.69, 9.17) is 5.11 Å². The van der Waals surface area contributed by atoms with Gasteiger partial charge in [0.2, 0.25) is 0 Å². The van der Waals surface area contributed by atoms with Gasteiger partial charge in [-0.3, -0.25) is 4.79 Å². The molecule has 1 aromatic carbocycles. The van der Waals surface area contributed by atoms with Crippen LogP contribution in [0.3, 0.4) is 0 Å². The van der Waals surface area contributed by atoms with Crippen LogP contribution in [0.5, 0.6) is 11.5 Å². The summed E-state index contributed by atoms with van der Waals surface area (Å²) >= 11 is 0. The summed E-state index contributed by atoms with van der Waals surface area (Å²) in [4.78, 5) is 10.5. The summed E-state index contributed by atoms with van der Waals surface area (Å²) in [6.45, 7) is 1.24. The van der Waals surface area contributed by atoms with Crippen LogP contribution in [0, 0.1) is 0 Å². The van der Waals surface area contributed by atoms with Crippen LogP contribution < -0.4 is 24.0 Å². The molecule has 5 nitrogen and oxygen atoms in total. The minimum atomic E-state index is -0.796. The highest BCUT2D eigenvalue weighted by Crippen LogP contribution is 2.30. The molecule has 0 amide bonds. The molecule has 0 aromatic heterocycles. The van der Waals surface area contributed by atoms with E-state index in [0.29, 0.717) is 29.6 Å². The van der Waals surface area contributed by atoms with Gasteiger partial charge in [0.25, 0.3) is 0 Å². The lowest BCUT2D eigenvalue weighted by molar-refractivity contribution is -0.903. The summed E-state index contributed by atoms with van der Waals surface area (Å²) in [5.41, 5.74) is 0.662. The van der Waals surface area contributed by atoms with Crippen LogP contribution in [0.4, 0.5) is 0 Å². The number of carboxylic acid groups (broad SMARTS) is 1. The Morgan fingerprint density at radius 2 is 1.89 bits per heavy atom. The maximum absolute atomic E-state index is 10.5. The number of nitrogens with zero attached hydrogens (tertiary/aromatic N) is 1. The molecule has 19 heavy (non-hydrogen) atoms. The zero-order valence-corrected chi connectivity index (χ0v) is 13.3. The lowest BCUT2D eigenvalue weighted by Gasteiger charge is -2.30. The van der Waals surface area contributed by atoms with Crippen molar-refractivity contribution in [3.05, 3.63) is 23.8 Å². The number of carboxylic acids is 1. The molecule has 0 saturated heterocycles. The van der Waals surface area contributed by atoms with E-state index in [0.717, 1.165) is 0 Å². The van der Waals surface area contributed by atoms with E-state index in [1.807, 2.05) is 14.1 Å². The Labute approximate surface area is 130 Å². The van der Waals surface area contributed by atoms with Crippen LogP contribution in [0.15, 0.2) is 18.2 Å². The van der Waals surface area contributed by atoms with Crippen LogP contribution in [-0.2, 0) is 11.3 Å². The third kappa shape index (κ3) is 6.11. The summed E-state index contributed by atoms with van der Waals surface area (Å²) < 4.78 is 0.560. The van der Waals surface area contributed by atoms with Crippen molar-refractivity contribution >= 4 is 5.97 Å². The van der Waals surface area contributed by atoms with Gasteiger partial charge in [-0.15, -0.1) is 0 Å². The van der Waals surface area contributed by atoms with Crippen molar-refractivity contribution in [1.82, 2.24) is 0 Å². The molecule has 0 radical (unpaired) electrons. The van der Waals surface area contributed by atoms with E-state index in [9.17, 15) is 15.0 Å². The van der Waals surface area contributed by atoms with Gasteiger partial charge in [0.1, 0.15) is 6.54 Å². The topological polar surface area (TPSA) is 77.8 Å². The fraction of sp³-hybridized carbons (Fsp3) is 0.462. The number of quaternary nitrogens is 1. The van der Waals surface area contributed by atoms with Gasteiger partial charge in [-0.2, -0.15) is 0 Å². The molecule has 1 aromatic rings. The van der Waals surface area contributed by atoms with Gasteiger partial charge in [0.15, 0.2) is 11.5 Å². The van der Waals surface area contributed by atoms with E-state index < -0.39 is 5.97 Å². The molecule has 0 bridgehead atoms. The summed E-state index contributed by atoms with van der Waals surface area (Å²) in [6, 6.07) is 4.87. The molecule has 0 unspecified atom stereocenters. The zero-order chi connectivity index (χ0) is 13.8. The van der Waals surface area contributed by atoms with Crippen LogP contribution >= 0.6 is 0 Å². The molecule has 0 aliphatic rings. The number of phenolic OH excluding ortho intramolecular Hbond substituents is 2. The van der Waals surface area contributed by atoms with E-state index in [1.165, 1.54) is 6.07 Å². The number of hydrogen-bond donors (Lipinski definition) is 3. The molecular weight excluding hydrogens is 361 g/mol. The van der Waals surface area contributed by atoms with Crippen LogP contribution in [0.25, 0.3) is 0 Å². The molecule has 3 N–H and O–H groups in total. The number of rotatable bonds is 6. The predicted octanol–water partition coefficient (Wildman–Crippen LogP) is -1.46. The largest absolute Gasteiger partial charge is 1.00 e. The monoisotopic (exact) mass is 381 g/mol. The average molecular weight is 381 g/mol. The number of hydrogen-bond acceptors (Lipinski definition) is 3. The lowest BCUT2D eigenvalue weighted by Crippen LogP contribution is -3.00. The van der Waals surface area contributed by atoms with Crippen molar-refractivity contribution < 1.29 is 48.6 Å². The number of phenols is 2. The Hall–Kier alpha value is -1.02. The number of aliphatic carboxylic acids is 1. The van der Waals surface area contributed by atoms with Gasteiger partial charge in [-0.05, 0) is 12.1 Å². The first-order chi connectivity index (χ1) is 8.32. The summed E-state index contributed by atoms with van der Waals surface area (Å²) in [6.07, 6.45) is 0.732. The third-order valence-corrected chi connectivity index (χ3v) is 2.85. The van der Waals surface area contributed by atoms with Crippen LogP contribution in [0.1, 0.15) is 18.4 Å². The number of halogens is 1. The minimum absolute atomic E-state index is 0. The molecule has 0 spiro atoms. The van der Waals surface area contributed by atoms with Crippen molar-refractivity contribution in [2.24, 2.45) is 0 Å². The first-order valence-corrected chi connectivity index (χ1v) is 5.85. The highest BCUT2D eigenvalue weighted by atomic mass is 127. The predicted molar refractivity (Wildman–Crippen MR) is 67.3 cm³/mol. The quantitative estimate of drug-likeness (QED) is 0.320. The van der Waals surface area contributed by atoms with Crippen LogP contribution in [-0.4, -0.2) is 46.4 Å². The smallest absolute Gasteiger partial charge is 0.303 e. The highest BCUT2D eigenvalue weighted by molar-refractivity contribution is 5.66. The van der Waals surface area contributed by atoms with Crippen molar-refractivity contribution in [2.45, 2.75) is 19.4 Å². The number of carbonyl (C=O) groups is 1. The molecule has 0 aliphatic carbocycles. The second-order valence-corrected chi connectivity index (χ2v) is 5.10. The van der Waals surface area contributed by atoms with E-state index in [-0.39, 0.29) is 41.9 Å². The van der Waals surface area contributed by atoms with Gasteiger partial charge >= 0.3 is 5.97 Å². The average Bonchev–Trinajstić information content (AvgIpc) is 2.23. The second kappa shape index (κ2) is 7.54. The van der Waals surface area contributed by atoms with Crippen LogP contribution in [0.2, 0.25) is 0 Å². The Morgan fingerprint density at radius 1 is 1.26 bits per heavy atom. The molecule has 0 aliphatic heterocycles. The first kappa shape index (κ1) is 18.0. The Kier molecular flexibility index (Phi) is 7.14. The molecule has 108 valence electrons. The Bertz CT molecular complexity index is 435. The van der Waals surface area contributed by atoms with Crippen molar-refractivity contribution in [3.63, 3.8) is 0 Å². The molecule has 0 atom stereocenters. The molecule has 0 fully saturated rings. The maximum Gasteiger partial charge on any atom is 0.303 e. The zero-order valence-electron chi connectivity index (χ0n) is 11.1. The van der Waals surface area contributed by atoms with E-state index in [2.05, 4.69) is 0 Å². The fourth-order valence-corrected chi connectivity index (χ4v) is 1.90. The highest BCUT2D eigenvalue weighted by Gasteiger charge is 2.19. The molecule has 1 rings (SSSR count). The Morgan fingerprint density at radius 3 is 2.47 bits per heavy atom. The van der Waals surface area contributed by atoms with Crippen molar-refractivity contribution in [3.8, 4) is 11.5 Å². The summed E-state index contributed by atoms with van der Waals surface area (Å²) in [5.74, 6) is -1.02. The first-order valence-electron chi connectivity index (χ1n) is 5.85.